The van der Waals surface area contributed by atoms with Crippen molar-refractivity contribution >= 4 is 27.2 Å². The third-order valence-corrected chi connectivity index (χ3v) is 4.54. The van der Waals surface area contributed by atoms with Crippen LogP contribution >= 0.6 is 12.2 Å². The van der Waals surface area contributed by atoms with Crippen molar-refractivity contribution in [3.63, 3.8) is 0 Å². The first kappa shape index (κ1) is 17.0. The zero-order chi connectivity index (χ0) is 15.2. The third kappa shape index (κ3) is 5.96. The van der Waals surface area contributed by atoms with Crippen LogP contribution in [0, 0.1) is 0 Å². The predicted octanol–water partition coefficient (Wildman–Crippen LogP) is 0.692. The van der Waals surface area contributed by atoms with Gasteiger partial charge in [-0.1, -0.05) is 43.4 Å². The molecule has 1 rings (SSSR count). The average Bonchev–Trinajstić information content (AvgIpc) is 2.38. The Hall–Kier alpha value is -1.02. The van der Waals surface area contributed by atoms with Crippen LogP contribution in [0.1, 0.15) is 18.1 Å². The minimum atomic E-state index is -3.31. The zero-order valence-electron chi connectivity index (χ0n) is 11.8. The molecular formula is C13H21N3O2S2. The summed E-state index contributed by atoms with van der Waals surface area (Å²) in [4.78, 5) is 2.35. The van der Waals surface area contributed by atoms with Crippen molar-refractivity contribution in [1.29, 1.82) is 0 Å². The van der Waals surface area contributed by atoms with Gasteiger partial charge >= 0.3 is 0 Å². The first-order valence-electron chi connectivity index (χ1n) is 6.38. The number of hydrogen-bond donors (Lipinski definition) is 2. The van der Waals surface area contributed by atoms with E-state index in [4.69, 9.17) is 18.0 Å². The predicted molar refractivity (Wildman–Crippen MR) is 86.1 cm³/mol. The molecule has 0 aliphatic rings. The molecular weight excluding hydrogens is 294 g/mol. The Morgan fingerprint density at radius 3 is 2.45 bits per heavy atom. The fourth-order valence-corrected chi connectivity index (χ4v) is 2.86. The van der Waals surface area contributed by atoms with Gasteiger partial charge in [-0.3, -0.25) is 0 Å². The molecule has 0 spiro atoms. The minimum Gasteiger partial charge on any atom is -0.389 e. The Labute approximate surface area is 126 Å². The molecule has 0 amide bonds. The molecule has 7 heteroatoms. The van der Waals surface area contributed by atoms with E-state index >= 15 is 0 Å². The Balaban J connectivity index is 2.55. The second-order valence-electron chi connectivity index (χ2n) is 4.61. The van der Waals surface area contributed by atoms with Gasteiger partial charge in [-0.05, 0) is 19.2 Å². The normalized spacial score (nSPS) is 11.8. The van der Waals surface area contributed by atoms with E-state index in [9.17, 15) is 8.42 Å². The van der Waals surface area contributed by atoms with Crippen molar-refractivity contribution in [2.45, 2.75) is 12.7 Å². The molecule has 1 aromatic rings. The van der Waals surface area contributed by atoms with E-state index in [1.807, 2.05) is 18.9 Å². The largest absolute Gasteiger partial charge is 0.389 e. The number of nitrogens with zero attached hydrogens (tertiary/aromatic N) is 1. The second-order valence-corrected chi connectivity index (χ2v) is 6.86. The van der Waals surface area contributed by atoms with Crippen molar-refractivity contribution in [2.24, 2.45) is 5.73 Å². The maximum atomic E-state index is 11.9. The maximum Gasteiger partial charge on any atom is 0.215 e. The Morgan fingerprint density at radius 2 is 1.95 bits per heavy atom. The molecule has 0 heterocycles. The quantitative estimate of drug-likeness (QED) is 0.691. The number of hydrogen-bond acceptors (Lipinski definition) is 4. The lowest BCUT2D eigenvalue weighted by molar-refractivity contribution is 0.358. The highest BCUT2D eigenvalue weighted by Crippen LogP contribution is 2.07. The van der Waals surface area contributed by atoms with E-state index < -0.39 is 10.0 Å². The second kappa shape index (κ2) is 7.68. The lowest BCUT2D eigenvalue weighted by Gasteiger charge is -2.14. The van der Waals surface area contributed by atoms with Gasteiger partial charge in [0.2, 0.25) is 10.0 Å². The molecule has 112 valence electrons. The van der Waals surface area contributed by atoms with Gasteiger partial charge in [0, 0.05) is 18.7 Å². The summed E-state index contributed by atoms with van der Waals surface area (Å²) in [6.45, 7) is 4.02. The number of benzene rings is 1. The first-order valence-corrected chi connectivity index (χ1v) is 8.44. The van der Waals surface area contributed by atoms with Crippen LogP contribution in [0.2, 0.25) is 0 Å². The fourth-order valence-electron chi connectivity index (χ4n) is 1.59. The molecule has 0 aromatic heterocycles. The van der Waals surface area contributed by atoms with Crippen LogP contribution in [0.3, 0.4) is 0 Å². The third-order valence-electron chi connectivity index (χ3n) is 2.95. The maximum absolute atomic E-state index is 11.9. The summed E-state index contributed by atoms with van der Waals surface area (Å²) in [6, 6.07) is 6.92. The Kier molecular flexibility index (Phi) is 6.54. The molecule has 1 aromatic carbocycles. The molecule has 3 N–H and O–H groups in total. The molecule has 0 fully saturated rings. The van der Waals surface area contributed by atoms with Crippen molar-refractivity contribution in [1.82, 2.24) is 9.62 Å². The first-order chi connectivity index (χ1) is 9.34. The van der Waals surface area contributed by atoms with Crippen molar-refractivity contribution < 1.29 is 8.42 Å². The van der Waals surface area contributed by atoms with Crippen LogP contribution < -0.4 is 10.5 Å². The van der Waals surface area contributed by atoms with Crippen LogP contribution in [0.25, 0.3) is 0 Å². The molecule has 0 saturated heterocycles. The minimum absolute atomic E-state index is 0.0412. The van der Waals surface area contributed by atoms with Gasteiger partial charge < -0.3 is 10.6 Å². The standard InChI is InChI=1S/C13H21N3O2S2/c1-3-16(2)9-8-15-20(17,18)10-11-4-6-12(7-5-11)13(14)19/h4-7,15H,3,8-10H2,1-2H3,(H2,14,19). The summed E-state index contributed by atoms with van der Waals surface area (Å²) < 4.78 is 26.4. The molecule has 0 bridgehead atoms. The zero-order valence-corrected chi connectivity index (χ0v) is 13.4. The number of nitrogens with one attached hydrogen (secondary N) is 1. The lowest BCUT2D eigenvalue weighted by Crippen LogP contribution is -2.33. The summed E-state index contributed by atoms with van der Waals surface area (Å²) in [5.74, 6) is -0.0412. The number of likely N-dealkylation sites (N-methyl/N-ethyl adjacent to an activating group) is 1. The van der Waals surface area contributed by atoms with E-state index in [0.717, 1.165) is 12.1 Å². The van der Waals surface area contributed by atoms with E-state index in [0.29, 0.717) is 23.6 Å². The van der Waals surface area contributed by atoms with Gasteiger partial charge in [0.15, 0.2) is 0 Å². The van der Waals surface area contributed by atoms with Crippen LogP contribution in [-0.2, 0) is 15.8 Å². The molecule has 0 saturated carbocycles. The SMILES string of the molecule is CCN(C)CCNS(=O)(=O)Cc1ccc(C(N)=S)cc1. The molecule has 20 heavy (non-hydrogen) atoms. The van der Waals surface area contributed by atoms with Gasteiger partial charge in [0.25, 0.3) is 0 Å². The number of nitrogens with two attached hydrogens (primary N) is 1. The average molecular weight is 315 g/mol. The van der Waals surface area contributed by atoms with Crippen molar-refractivity contribution in [2.75, 3.05) is 26.7 Å². The van der Waals surface area contributed by atoms with E-state index in [2.05, 4.69) is 4.72 Å². The molecule has 0 atom stereocenters. The van der Waals surface area contributed by atoms with Gasteiger partial charge in [-0.25, -0.2) is 13.1 Å². The summed E-state index contributed by atoms with van der Waals surface area (Å²) in [7, 11) is -1.37. The number of sulfonamides is 1. The Morgan fingerprint density at radius 1 is 1.35 bits per heavy atom. The van der Waals surface area contributed by atoms with Crippen molar-refractivity contribution in [3.8, 4) is 0 Å². The number of rotatable bonds is 8. The summed E-state index contributed by atoms with van der Waals surface area (Å²) in [5, 5.41) is 0. The lowest BCUT2D eigenvalue weighted by atomic mass is 10.1. The highest BCUT2D eigenvalue weighted by molar-refractivity contribution is 7.88. The monoisotopic (exact) mass is 315 g/mol. The van der Waals surface area contributed by atoms with Gasteiger partial charge in [-0.15, -0.1) is 0 Å². The van der Waals surface area contributed by atoms with Crippen LogP contribution in [0.15, 0.2) is 24.3 Å². The van der Waals surface area contributed by atoms with Crippen LogP contribution in [-0.4, -0.2) is 45.0 Å². The molecule has 0 aliphatic carbocycles. The smallest absolute Gasteiger partial charge is 0.215 e. The van der Waals surface area contributed by atoms with Gasteiger partial charge in [0.05, 0.1) is 5.75 Å². The highest BCUT2D eigenvalue weighted by atomic mass is 32.2. The van der Waals surface area contributed by atoms with E-state index in [1.165, 1.54) is 0 Å². The molecule has 5 nitrogen and oxygen atoms in total. The highest BCUT2D eigenvalue weighted by Gasteiger charge is 2.11. The van der Waals surface area contributed by atoms with E-state index in [1.54, 1.807) is 24.3 Å². The van der Waals surface area contributed by atoms with Gasteiger partial charge in [-0.2, -0.15) is 0 Å². The molecule has 0 radical (unpaired) electrons. The topological polar surface area (TPSA) is 75.4 Å². The van der Waals surface area contributed by atoms with Gasteiger partial charge in [0.1, 0.15) is 4.99 Å². The molecule has 0 aliphatic heterocycles. The molecule has 0 unspecified atom stereocenters. The summed E-state index contributed by atoms with van der Waals surface area (Å²) >= 11 is 4.85. The summed E-state index contributed by atoms with van der Waals surface area (Å²) in [6.07, 6.45) is 0. The summed E-state index contributed by atoms with van der Waals surface area (Å²) in [5.41, 5.74) is 6.94. The van der Waals surface area contributed by atoms with Crippen LogP contribution in [0.4, 0.5) is 0 Å². The number of thiocarbonyl (C=S) groups is 1. The van der Waals surface area contributed by atoms with E-state index in [-0.39, 0.29) is 5.75 Å². The van der Waals surface area contributed by atoms with Crippen molar-refractivity contribution in [3.05, 3.63) is 35.4 Å². The fraction of sp³-hybridized carbons (Fsp3) is 0.462. The van der Waals surface area contributed by atoms with Crippen LogP contribution in [0.5, 0.6) is 0 Å². The Bertz CT molecular complexity index is 541.